The van der Waals surface area contributed by atoms with Gasteiger partial charge < -0.3 is 5.11 Å². The van der Waals surface area contributed by atoms with E-state index in [2.05, 4.69) is 18.2 Å². The Balaban J connectivity index is 1.85. The Labute approximate surface area is 168 Å². The van der Waals surface area contributed by atoms with Crippen molar-refractivity contribution >= 4 is 11.3 Å². The van der Waals surface area contributed by atoms with Crippen molar-refractivity contribution in [2.75, 3.05) is 0 Å². The van der Waals surface area contributed by atoms with Crippen LogP contribution in [0, 0.1) is 6.92 Å². The van der Waals surface area contributed by atoms with Gasteiger partial charge in [0, 0.05) is 11.4 Å². The highest BCUT2D eigenvalue weighted by molar-refractivity contribution is 7.13. The van der Waals surface area contributed by atoms with Crippen molar-refractivity contribution in [3.63, 3.8) is 0 Å². The molecule has 1 aliphatic rings. The van der Waals surface area contributed by atoms with Crippen LogP contribution in [0.15, 0.2) is 70.4 Å². The number of hydrogen-bond acceptors (Lipinski definition) is 4. The number of thiophene rings is 1. The Hall–Kier alpha value is -2.92. The number of para-hydroxylation sites is 1. The summed E-state index contributed by atoms with van der Waals surface area (Å²) in [6.07, 6.45) is 9.40. The predicted octanol–water partition coefficient (Wildman–Crippen LogP) is 5.32. The van der Waals surface area contributed by atoms with E-state index >= 15 is 0 Å². The highest BCUT2D eigenvalue weighted by atomic mass is 32.1. The summed E-state index contributed by atoms with van der Waals surface area (Å²) in [5, 5.41) is 12.3. The van der Waals surface area contributed by atoms with Gasteiger partial charge in [-0.15, -0.1) is 11.3 Å². The fraction of sp³-hybridized carbons (Fsp3) is 0.217. The molecular weight excluding hydrogens is 368 g/mol. The van der Waals surface area contributed by atoms with Crippen molar-refractivity contribution in [2.45, 2.75) is 32.7 Å². The normalized spacial score (nSPS) is 13.5. The average molecular weight is 391 g/mol. The van der Waals surface area contributed by atoms with Crippen molar-refractivity contribution in [2.24, 2.45) is 0 Å². The van der Waals surface area contributed by atoms with Crippen LogP contribution in [-0.4, -0.2) is 14.7 Å². The first kappa shape index (κ1) is 18.4. The second-order valence-electron chi connectivity index (χ2n) is 6.86. The number of nitrogens with zero attached hydrogens (tertiary/aromatic N) is 2. The summed E-state index contributed by atoms with van der Waals surface area (Å²) in [4.78, 5) is 19.2. The van der Waals surface area contributed by atoms with Crippen molar-refractivity contribution in [1.29, 1.82) is 0 Å². The molecule has 1 aromatic carbocycles. The van der Waals surface area contributed by atoms with Crippen molar-refractivity contribution in [1.82, 2.24) is 9.55 Å². The van der Waals surface area contributed by atoms with Crippen LogP contribution in [0.25, 0.3) is 21.8 Å². The quantitative estimate of drug-likeness (QED) is 0.641. The van der Waals surface area contributed by atoms with Gasteiger partial charge in [0.15, 0.2) is 0 Å². The summed E-state index contributed by atoms with van der Waals surface area (Å²) >= 11 is 1.54. The zero-order valence-corrected chi connectivity index (χ0v) is 16.6. The molecule has 2 heterocycles. The van der Waals surface area contributed by atoms with E-state index in [4.69, 9.17) is 4.98 Å². The Morgan fingerprint density at radius 2 is 2.04 bits per heavy atom. The van der Waals surface area contributed by atoms with Gasteiger partial charge in [-0.1, -0.05) is 42.0 Å². The van der Waals surface area contributed by atoms with Crippen LogP contribution in [0.3, 0.4) is 0 Å². The van der Waals surface area contributed by atoms with Crippen molar-refractivity contribution in [3.8, 4) is 27.6 Å². The standard InChI is InChI=1S/C23H22N2O2S/c1-16-21(20-12-7-15-28-20)23(27)25(14-13-17-8-3-2-4-9-17)22(24-16)18-10-5-6-11-19(18)26/h3,5-12,15,26H,2,4,13-14H2,1H3. The molecule has 1 aliphatic carbocycles. The molecular formula is C23H22N2O2S. The third-order valence-electron chi connectivity index (χ3n) is 4.96. The number of aryl methyl sites for hydroxylation is 1. The van der Waals surface area contributed by atoms with Gasteiger partial charge in [0.2, 0.25) is 0 Å². The minimum absolute atomic E-state index is 0.0615. The van der Waals surface area contributed by atoms with Gasteiger partial charge in [0.25, 0.3) is 5.56 Å². The Morgan fingerprint density at radius 1 is 1.18 bits per heavy atom. The topological polar surface area (TPSA) is 55.1 Å². The van der Waals surface area contributed by atoms with Gasteiger partial charge in [-0.05, 0) is 49.8 Å². The van der Waals surface area contributed by atoms with Crippen LogP contribution in [0.2, 0.25) is 0 Å². The van der Waals surface area contributed by atoms with E-state index in [1.807, 2.05) is 30.5 Å². The largest absolute Gasteiger partial charge is 0.507 e. The van der Waals surface area contributed by atoms with E-state index in [1.165, 1.54) is 16.9 Å². The first-order valence-corrected chi connectivity index (χ1v) is 10.3. The molecule has 0 amide bonds. The van der Waals surface area contributed by atoms with Crippen LogP contribution in [0.1, 0.15) is 25.0 Å². The maximum Gasteiger partial charge on any atom is 0.262 e. The molecule has 0 bridgehead atoms. The molecule has 4 rings (SSSR count). The third-order valence-corrected chi connectivity index (χ3v) is 5.85. The molecule has 0 saturated heterocycles. The minimum Gasteiger partial charge on any atom is -0.507 e. The second-order valence-corrected chi connectivity index (χ2v) is 7.80. The van der Waals surface area contributed by atoms with Crippen molar-refractivity contribution in [3.05, 3.63) is 81.6 Å². The summed E-state index contributed by atoms with van der Waals surface area (Å²) in [5.41, 5.74) is 3.07. The average Bonchev–Trinajstić information content (AvgIpc) is 3.22. The smallest absolute Gasteiger partial charge is 0.262 e. The molecule has 0 unspecified atom stereocenters. The van der Waals surface area contributed by atoms with Crippen LogP contribution < -0.4 is 5.56 Å². The van der Waals surface area contributed by atoms with E-state index in [0.717, 1.165) is 24.1 Å². The summed E-state index contributed by atoms with van der Waals surface area (Å²) in [5.74, 6) is 0.643. The van der Waals surface area contributed by atoms with Gasteiger partial charge in [0.1, 0.15) is 11.6 Å². The molecule has 142 valence electrons. The summed E-state index contributed by atoms with van der Waals surface area (Å²) < 4.78 is 1.71. The number of aromatic nitrogens is 2. The van der Waals surface area contributed by atoms with E-state index in [0.29, 0.717) is 29.2 Å². The monoisotopic (exact) mass is 390 g/mol. The Morgan fingerprint density at radius 3 is 2.75 bits per heavy atom. The highest BCUT2D eigenvalue weighted by Gasteiger charge is 2.19. The highest BCUT2D eigenvalue weighted by Crippen LogP contribution is 2.30. The molecule has 0 fully saturated rings. The van der Waals surface area contributed by atoms with E-state index < -0.39 is 0 Å². The van der Waals surface area contributed by atoms with E-state index in [-0.39, 0.29) is 11.3 Å². The molecule has 3 aromatic rings. The number of benzene rings is 1. The lowest BCUT2D eigenvalue weighted by atomic mass is 10.0. The van der Waals surface area contributed by atoms with Crippen molar-refractivity contribution < 1.29 is 5.11 Å². The number of phenols is 1. The maximum absolute atomic E-state index is 13.5. The van der Waals surface area contributed by atoms with Crippen LogP contribution in [0.5, 0.6) is 5.75 Å². The maximum atomic E-state index is 13.5. The Bertz CT molecular complexity index is 1110. The van der Waals surface area contributed by atoms with Gasteiger partial charge >= 0.3 is 0 Å². The lowest BCUT2D eigenvalue weighted by molar-refractivity contribution is 0.476. The van der Waals surface area contributed by atoms with Gasteiger partial charge in [0.05, 0.1) is 16.8 Å². The zero-order chi connectivity index (χ0) is 19.5. The number of hydrogen-bond donors (Lipinski definition) is 1. The molecule has 4 nitrogen and oxygen atoms in total. The van der Waals surface area contributed by atoms with Crippen LogP contribution in [0.4, 0.5) is 0 Å². The van der Waals surface area contributed by atoms with Crippen LogP contribution >= 0.6 is 11.3 Å². The summed E-state index contributed by atoms with van der Waals surface area (Å²) in [7, 11) is 0. The fourth-order valence-corrected chi connectivity index (χ4v) is 4.35. The summed E-state index contributed by atoms with van der Waals surface area (Å²) in [6.45, 7) is 2.38. The summed E-state index contributed by atoms with van der Waals surface area (Å²) in [6, 6.07) is 10.9. The molecule has 0 spiro atoms. The lowest BCUT2D eigenvalue weighted by Crippen LogP contribution is -2.26. The number of phenolic OH excluding ortho intramolecular Hbond substituents is 1. The lowest BCUT2D eigenvalue weighted by Gasteiger charge is -2.17. The van der Waals surface area contributed by atoms with Gasteiger partial charge in [-0.2, -0.15) is 0 Å². The molecule has 5 heteroatoms. The van der Waals surface area contributed by atoms with Crippen LogP contribution in [-0.2, 0) is 6.54 Å². The van der Waals surface area contributed by atoms with E-state index in [9.17, 15) is 9.90 Å². The first-order valence-electron chi connectivity index (χ1n) is 9.44. The fourth-order valence-electron chi connectivity index (χ4n) is 3.54. The second kappa shape index (κ2) is 7.98. The Kier molecular flexibility index (Phi) is 5.26. The molecule has 0 atom stereocenters. The van der Waals surface area contributed by atoms with Gasteiger partial charge in [-0.25, -0.2) is 4.98 Å². The molecule has 1 N–H and O–H groups in total. The molecule has 0 saturated carbocycles. The zero-order valence-electron chi connectivity index (χ0n) is 15.8. The first-order chi connectivity index (χ1) is 13.6. The number of rotatable bonds is 5. The molecule has 0 aliphatic heterocycles. The molecule has 2 aromatic heterocycles. The molecule has 0 radical (unpaired) electrons. The van der Waals surface area contributed by atoms with E-state index in [1.54, 1.807) is 22.8 Å². The minimum atomic E-state index is -0.0615. The van der Waals surface area contributed by atoms with Gasteiger partial charge in [-0.3, -0.25) is 9.36 Å². The SMILES string of the molecule is Cc1nc(-c2ccccc2O)n(CCC2=CCCC=C2)c(=O)c1-c1cccs1. The number of aromatic hydroxyl groups is 1. The number of allylic oxidation sites excluding steroid dienone is 4. The third kappa shape index (κ3) is 3.58. The predicted molar refractivity (Wildman–Crippen MR) is 115 cm³/mol. The molecule has 28 heavy (non-hydrogen) atoms.